The minimum Gasteiger partial charge on any atom is -0.493 e. The van der Waals surface area contributed by atoms with Crippen LogP contribution in [0.3, 0.4) is 0 Å². The summed E-state index contributed by atoms with van der Waals surface area (Å²) < 4.78 is 10.7. The summed E-state index contributed by atoms with van der Waals surface area (Å²) in [4.78, 5) is 18.2. The SMILES string of the molecule is COc1cccc(CNC(=O)Cc2sc(C)nc2-c2ccc(C)cc2)c1OC. The molecular weight excluding hydrogens is 372 g/mol. The Hall–Kier alpha value is -2.86. The first kappa shape index (κ1) is 19.9. The molecule has 0 fully saturated rings. The molecule has 3 aromatic rings. The number of benzene rings is 2. The molecule has 0 radical (unpaired) electrons. The van der Waals surface area contributed by atoms with E-state index in [9.17, 15) is 4.79 Å². The van der Waals surface area contributed by atoms with E-state index in [0.29, 0.717) is 24.5 Å². The van der Waals surface area contributed by atoms with Crippen LogP contribution in [-0.2, 0) is 17.8 Å². The summed E-state index contributed by atoms with van der Waals surface area (Å²) >= 11 is 1.56. The Morgan fingerprint density at radius 3 is 2.50 bits per heavy atom. The lowest BCUT2D eigenvalue weighted by atomic mass is 10.1. The van der Waals surface area contributed by atoms with Crippen LogP contribution < -0.4 is 14.8 Å². The number of methoxy groups -OCH3 is 2. The molecule has 1 heterocycles. The number of amides is 1. The molecule has 28 heavy (non-hydrogen) atoms. The predicted molar refractivity (Wildman–Crippen MR) is 112 cm³/mol. The Balaban J connectivity index is 1.72. The number of aryl methyl sites for hydroxylation is 2. The molecule has 2 aromatic carbocycles. The van der Waals surface area contributed by atoms with E-state index in [0.717, 1.165) is 26.7 Å². The van der Waals surface area contributed by atoms with Crippen molar-refractivity contribution in [3.05, 3.63) is 63.5 Å². The maximum atomic E-state index is 12.6. The molecule has 0 saturated heterocycles. The van der Waals surface area contributed by atoms with Crippen molar-refractivity contribution in [2.24, 2.45) is 0 Å². The molecule has 146 valence electrons. The average Bonchev–Trinajstić information content (AvgIpc) is 3.06. The molecule has 6 heteroatoms. The van der Waals surface area contributed by atoms with Gasteiger partial charge in [-0.05, 0) is 19.9 Å². The lowest BCUT2D eigenvalue weighted by molar-refractivity contribution is -0.120. The zero-order valence-electron chi connectivity index (χ0n) is 16.5. The van der Waals surface area contributed by atoms with Crippen molar-refractivity contribution in [1.29, 1.82) is 0 Å². The van der Waals surface area contributed by atoms with Gasteiger partial charge in [-0.3, -0.25) is 4.79 Å². The molecule has 0 aliphatic carbocycles. The van der Waals surface area contributed by atoms with Gasteiger partial charge in [-0.25, -0.2) is 4.98 Å². The van der Waals surface area contributed by atoms with E-state index in [2.05, 4.69) is 29.4 Å². The van der Waals surface area contributed by atoms with E-state index in [1.165, 1.54) is 5.56 Å². The van der Waals surface area contributed by atoms with Gasteiger partial charge in [0, 0.05) is 22.5 Å². The third-order valence-electron chi connectivity index (χ3n) is 4.41. The van der Waals surface area contributed by atoms with Gasteiger partial charge in [-0.15, -0.1) is 11.3 Å². The molecule has 5 nitrogen and oxygen atoms in total. The molecular formula is C22H24N2O3S. The van der Waals surface area contributed by atoms with Crippen LogP contribution in [0.1, 0.15) is 21.0 Å². The maximum Gasteiger partial charge on any atom is 0.225 e. The van der Waals surface area contributed by atoms with Gasteiger partial charge in [0.2, 0.25) is 5.91 Å². The lowest BCUT2D eigenvalue weighted by Crippen LogP contribution is -2.24. The number of thiazole rings is 1. The number of nitrogens with one attached hydrogen (secondary N) is 1. The second-order valence-electron chi connectivity index (χ2n) is 6.48. The second-order valence-corrected chi connectivity index (χ2v) is 7.76. The molecule has 0 bridgehead atoms. The number of aromatic nitrogens is 1. The second kappa shape index (κ2) is 8.89. The van der Waals surface area contributed by atoms with Crippen molar-refractivity contribution in [2.45, 2.75) is 26.8 Å². The van der Waals surface area contributed by atoms with Gasteiger partial charge in [-0.2, -0.15) is 0 Å². The number of nitrogens with zero attached hydrogens (tertiary/aromatic N) is 1. The van der Waals surface area contributed by atoms with Gasteiger partial charge in [0.1, 0.15) is 0 Å². The monoisotopic (exact) mass is 396 g/mol. The van der Waals surface area contributed by atoms with Gasteiger partial charge in [0.15, 0.2) is 11.5 Å². The van der Waals surface area contributed by atoms with Crippen LogP contribution in [0.15, 0.2) is 42.5 Å². The molecule has 1 amide bonds. The van der Waals surface area contributed by atoms with E-state index in [4.69, 9.17) is 9.47 Å². The third kappa shape index (κ3) is 4.51. The summed E-state index contributed by atoms with van der Waals surface area (Å²) in [7, 11) is 3.19. The summed E-state index contributed by atoms with van der Waals surface area (Å²) in [6, 6.07) is 13.8. The molecule has 0 atom stereocenters. The zero-order valence-corrected chi connectivity index (χ0v) is 17.4. The van der Waals surface area contributed by atoms with Crippen LogP contribution in [0.4, 0.5) is 0 Å². The highest BCUT2D eigenvalue weighted by molar-refractivity contribution is 7.12. The van der Waals surface area contributed by atoms with Crippen molar-refractivity contribution in [3.8, 4) is 22.8 Å². The summed E-state index contributed by atoms with van der Waals surface area (Å²) in [6.45, 7) is 4.39. The van der Waals surface area contributed by atoms with Crippen LogP contribution in [0, 0.1) is 13.8 Å². The maximum absolute atomic E-state index is 12.6. The number of carbonyl (C=O) groups is 1. The number of para-hydroxylation sites is 1. The van der Waals surface area contributed by atoms with Crippen LogP contribution in [0.2, 0.25) is 0 Å². The first-order chi connectivity index (χ1) is 13.5. The lowest BCUT2D eigenvalue weighted by Gasteiger charge is -2.13. The highest BCUT2D eigenvalue weighted by Crippen LogP contribution is 2.31. The summed E-state index contributed by atoms with van der Waals surface area (Å²) in [5.74, 6) is 1.23. The quantitative estimate of drug-likeness (QED) is 0.647. The van der Waals surface area contributed by atoms with E-state index in [1.807, 2.05) is 37.3 Å². The van der Waals surface area contributed by atoms with Gasteiger partial charge in [0.05, 0.1) is 31.3 Å². The molecule has 1 aromatic heterocycles. The fourth-order valence-corrected chi connectivity index (χ4v) is 3.98. The van der Waals surface area contributed by atoms with Gasteiger partial charge >= 0.3 is 0 Å². The first-order valence-corrected chi connectivity index (χ1v) is 9.83. The van der Waals surface area contributed by atoms with Crippen molar-refractivity contribution < 1.29 is 14.3 Å². The first-order valence-electron chi connectivity index (χ1n) is 9.01. The van der Waals surface area contributed by atoms with Crippen molar-refractivity contribution in [1.82, 2.24) is 10.3 Å². The fourth-order valence-electron chi connectivity index (χ4n) is 3.02. The molecule has 1 N–H and O–H groups in total. The van der Waals surface area contributed by atoms with Gasteiger partial charge in [0.25, 0.3) is 0 Å². The van der Waals surface area contributed by atoms with E-state index >= 15 is 0 Å². The topological polar surface area (TPSA) is 60.5 Å². The summed E-state index contributed by atoms with van der Waals surface area (Å²) in [6.07, 6.45) is 0.293. The number of hydrogen-bond acceptors (Lipinski definition) is 5. The standard InChI is InChI=1S/C22H24N2O3S/c1-14-8-10-16(11-9-14)21-19(28-15(2)24-21)12-20(25)23-13-17-6-5-7-18(26-3)22(17)27-4/h5-11H,12-13H2,1-4H3,(H,23,25). The van der Waals surface area contributed by atoms with Crippen molar-refractivity contribution in [2.75, 3.05) is 14.2 Å². The van der Waals surface area contributed by atoms with Gasteiger partial charge < -0.3 is 14.8 Å². The summed E-state index contributed by atoms with van der Waals surface area (Å²) in [5.41, 5.74) is 3.99. The van der Waals surface area contributed by atoms with Crippen LogP contribution in [-0.4, -0.2) is 25.1 Å². The van der Waals surface area contributed by atoms with Crippen molar-refractivity contribution in [3.63, 3.8) is 0 Å². The van der Waals surface area contributed by atoms with Crippen LogP contribution in [0.5, 0.6) is 11.5 Å². The van der Waals surface area contributed by atoms with E-state index in [1.54, 1.807) is 25.6 Å². The largest absolute Gasteiger partial charge is 0.493 e. The number of ether oxygens (including phenoxy) is 2. The minimum atomic E-state index is -0.0538. The van der Waals surface area contributed by atoms with E-state index in [-0.39, 0.29) is 5.91 Å². The molecule has 0 aliphatic rings. The third-order valence-corrected chi connectivity index (χ3v) is 5.38. The molecule has 0 saturated carbocycles. The average molecular weight is 397 g/mol. The number of hydrogen-bond donors (Lipinski definition) is 1. The smallest absolute Gasteiger partial charge is 0.225 e. The van der Waals surface area contributed by atoms with Gasteiger partial charge in [-0.1, -0.05) is 42.0 Å². The Bertz CT molecular complexity index is 964. The van der Waals surface area contributed by atoms with E-state index < -0.39 is 0 Å². The van der Waals surface area contributed by atoms with Crippen molar-refractivity contribution >= 4 is 17.2 Å². The zero-order chi connectivity index (χ0) is 20.1. The number of rotatable bonds is 7. The Morgan fingerprint density at radius 1 is 1.07 bits per heavy atom. The Labute approximate surface area is 169 Å². The van der Waals surface area contributed by atoms with Crippen LogP contribution in [0.25, 0.3) is 11.3 Å². The predicted octanol–water partition coefficient (Wildman–Crippen LogP) is 4.30. The molecule has 0 spiro atoms. The highest BCUT2D eigenvalue weighted by atomic mass is 32.1. The highest BCUT2D eigenvalue weighted by Gasteiger charge is 2.16. The minimum absolute atomic E-state index is 0.0538. The summed E-state index contributed by atoms with van der Waals surface area (Å²) in [5, 5.41) is 3.93. The fraction of sp³-hybridized carbons (Fsp3) is 0.273. The number of carbonyl (C=O) groups excluding carboxylic acids is 1. The molecule has 0 unspecified atom stereocenters. The Kier molecular flexibility index (Phi) is 6.31. The normalized spacial score (nSPS) is 10.6. The molecule has 0 aliphatic heterocycles. The molecule has 3 rings (SSSR count). The Morgan fingerprint density at radius 2 is 1.82 bits per heavy atom. The van der Waals surface area contributed by atoms with Crippen LogP contribution >= 0.6 is 11.3 Å².